The van der Waals surface area contributed by atoms with Gasteiger partial charge in [-0.2, -0.15) is 0 Å². The van der Waals surface area contributed by atoms with Crippen LogP contribution in [0.1, 0.15) is 61.3 Å². The number of carbonyl (C=O) groups is 2. The van der Waals surface area contributed by atoms with Crippen molar-refractivity contribution >= 4 is 11.8 Å². The van der Waals surface area contributed by atoms with E-state index in [-0.39, 0.29) is 30.2 Å². The molecule has 0 radical (unpaired) electrons. The summed E-state index contributed by atoms with van der Waals surface area (Å²) in [6, 6.07) is 11.5. The molecule has 0 aliphatic carbocycles. The number of aryl methyl sites for hydroxylation is 1. The molecular weight excluding hydrogens is 328 g/mol. The Hall–Kier alpha value is -2.56. The predicted octanol–water partition coefficient (Wildman–Crippen LogP) is 3.87. The summed E-state index contributed by atoms with van der Waals surface area (Å²) in [6.07, 6.45) is 4.86. The van der Waals surface area contributed by atoms with Crippen molar-refractivity contribution in [2.24, 2.45) is 5.92 Å². The molecule has 2 aromatic rings. The van der Waals surface area contributed by atoms with Gasteiger partial charge in [0.1, 0.15) is 0 Å². The third-order valence-electron chi connectivity index (χ3n) is 4.30. The van der Waals surface area contributed by atoms with E-state index in [1.54, 1.807) is 12.1 Å². The molecule has 2 amide bonds. The van der Waals surface area contributed by atoms with E-state index in [0.717, 1.165) is 12.0 Å². The molecule has 1 heterocycles. The number of unbranched alkanes of at least 4 members (excludes halogenated alkanes) is 1. The first-order chi connectivity index (χ1) is 12.5. The maximum atomic E-state index is 12.3. The fourth-order valence-electron chi connectivity index (χ4n) is 2.79. The molecule has 1 aromatic heterocycles. The van der Waals surface area contributed by atoms with E-state index in [1.165, 1.54) is 24.7 Å². The molecule has 0 saturated carbocycles. The van der Waals surface area contributed by atoms with E-state index < -0.39 is 5.91 Å². The van der Waals surface area contributed by atoms with Crippen molar-refractivity contribution in [1.29, 1.82) is 0 Å². The van der Waals surface area contributed by atoms with E-state index in [1.807, 2.05) is 0 Å². The average Bonchev–Trinajstić information content (AvgIpc) is 3.17. The quantitative estimate of drug-likeness (QED) is 0.716. The van der Waals surface area contributed by atoms with Gasteiger partial charge in [-0.05, 0) is 42.0 Å². The second kappa shape index (κ2) is 9.80. The van der Waals surface area contributed by atoms with Gasteiger partial charge in [0.15, 0.2) is 5.76 Å². The third-order valence-corrected chi connectivity index (χ3v) is 4.30. The molecule has 0 aliphatic heterocycles. The lowest BCUT2D eigenvalue weighted by atomic mass is 9.94. The van der Waals surface area contributed by atoms with Crippen LogP contribution >= 0.6 is 0 Å². The fourth-order valence-corrected chi connectivity index (χ4v) is 2.79. The van der Waals surface area contributed by atoms with Gasteiger partial charge in [-0.25, -0.2) is 0 Å². The summed E-state index contributed by atoms with van der Waals surface area (Å²) >= 11 is 0. The van der Waals surface area contributed by atoms with Gasteiger partial charge in [0, 0.05) is 0 Å². The van der Waals surface area contributed by atoms with E-state index in [9.17, 15) is 9.59 Å². The van der Waals surface area contributed by atoms with Gasteiger partial charge in [0.2, 0.25) is 5.91 Å². The van der Waals surface area contributed by atoms with Crippen LogP contribution < -0.4 is 10.6 Å². The monoisotopic (exact) mass is 356 g/mol. The Labute approximate surface area is 155 Å². The van der Waals surface area contributed by atoms with Gasteiger partial charge in [-0.1, -0.05) is 51.5 Å². The summed E-state index contributed by atoms with van der Waals surface area (Å²) in [5, 5.41) is 5.58. The highest BCUT2D eigenvalue weighted by Crippen LogP contribution is 2.22. The number of amides is 2. The topological polar surface area (TPSA) is 71.3 Å². The van der Waals surface area contributed by atoms with Crippen molar-refractivity contribution in [3.63, 3.8) is 0 Å². The molecule has 0 bridgehead atoms. The van der Waals surface area contributed by atoms with Crippen LogP contribution in [-0.4, -0.2) is 18.4 Å². The standard InChI is InChI=1S/C21H28N2O3/c1-4-5-7-16-9-11-17(12-10-16)20(15(2)3)23-19(24)14-22-21(25)18-8-6-13-26-18/h6,8-13,15,20H,4-5,7,14H2,1-3H3,(H,22,25)(H,23,24)/t20-/m1/s1. The summed E-state index contributed by atoms with van der Waals surface area (Å²) in [6.45, 7) is 6.23. The largest absolute Gasteiger partial charge is 0.459 e. The van der Waals surface area contributed by atoms with Crippen LogP contribution in [0.4, 0.5) is 0 Å². The summed E-state index contributed by atoms with van der Waals surface area (Å²) in [7, 11) is 0. The summed E-state index contributed by atoms with van der Waals surface area (Å²) in [4.78, 5) is 24.1. The van der Waals surface area contributed by atoms with Gasteiger partial charge in [0.05, 0.1) is 18.8 Å². The summed E-state index contributed by atoms with van der Waals surface area (Å²) in [5.74, 6) is -0.188. The first-order valence-electron chi connectivity index (χ1n) is 9.21. The van der Waals surface area contributed by atoms with Crippen LogP contribution in [0.2, 0.25) is 0 Å². The van der Waals surface area contributed by atoms with E-state index >= 15 is 0 Å². The Morgan fingerprint density at radius 1 is 1.12 bits per heavy atom. The first kappa shape index (κ1) is 19.8. The van der Waals surface area contributed by atoms with Gasteiger partial charge >= 0.3 is 0 Å². The lowest BCUT2D eigenvalue weighted by Crippen LogP contribution is -2.40. The molecule has 1 atom stereocenters. The highest BCUT2D eigenvalue weighted by molar-refractivity contribution is 5.94. The fraction of sp³-hybridized carbons (Fsp3) is 0.429. The van der Waals surface area contributed by atoms with Crippen LogP contribution in [0.15, 0.2) is 47.1 Å². The Morgan fingerprint density at radius 2 is 1.85 bits per heavy atom. The van der Waals surface area contributed by atoms with Gasteiger partial charge in [-0.3, -0.25) is 9.59 Å². The lowest BCUT2D eigenvalue weighted by Gasteiger charge is -2.23. The molecular formula is C21H28N2O3. The zero-order chi connectivity index (χ0) is 18.9. The first-order valence-corrected chi connectivity index (χ1v) is 9.21. The molecule has 0 spiro atoms. The van der Waals surface area contributed by atoms with E-state index in [0.29, 0.717) is 0 Å². The number of nitrogens with one attached hydrogen (secondary N) is 2. The van der Waals surface area contributed by atoms with Gasteiger partial charge in [-0.15, -0.1) is 0 Å². The van der Waals surface area contributed by atoms with Crippen molar-refractivity contribution in [1.82, 2.24) is 10.6 Å². The highest BCUT2D eigenvalue weighted by Gasteiger charge is 2.19. The number of hydrogen-bond acceptors (Lipinski definition) is 3. The maximum Gasteiger partial charge on any atom is 0.287 e. The van der Waals surface area contributed by atoms with Gasteiger partial charge in [0.25, 0.3) is 5.91 Å². The Bertz CT molecular complexity index is 691. The average molecular weight is 356 g/mol. The molecule has 0 aliphatic rings. The van der Waals surface area contributed by atoms with E-state index in [4.69, 9.17) is 4.42 Å². The normalized spacial score (nSPS) is 12.0. The zero-order valence-electron chi connectivity index (χ0n) is 15.7. The second-order valence-corrected chi connectivity index (χ2v) is 6.79. The van der Waals surface area contributed by atoms with Crippen LogP contribution in [0, 0.1) is 5.92 Å². The number of benzene rings is 1. The molecule has 2 rings (SSSR count). The minimum atomic E-state index is -0.397. The number of furan rings is 1. The molecule has 5 nitrogen and oxygen atoms in total. The van der Waals surface area contributed by atoms with E-state index in [2.05, 4.69) is 55.7 Å². The predicted molar refractivity (Wildman–Crippen MR) is 102 cm³/mol. The second-order valence-electron chi connectivity index (χ2n) is 6.79. The van der Waals surface area contributed by atoms with Crippen molar-refractivity contribution in [3.8, 4) is 0 Å². The number of rotatable bonds is 9. The molecule has 0 fully saturated rings. The minimum absolute atomic E-state index is 0.0860. The van der Waals surface area contributed by atoms with Crippen molar-refractivity contribution in [2.45, 2.75) is 46.1 Å². The Kier molecular flexibility index (Phi) is 7.45. The third kappa shape index (κ3) is 5.76. The zero-order valence-corrected chi connectivity index (χ0v) is 15.7. The Balaban J connectivity index is 1.92. The van der Waals surface area contributed by atoms with Crippen molar-refractivity contribution in [2.75, 3.05) is 6.54 Å². The molecule has 5 heteroatoms. The molecule has 2 N–H and O–H groups in total. The lowest BCUT2D eigenvalue weighted by molar-refractivity contribution is -0.121. The SMILES string of the molecule is CCCCc1ccc([C@H](NC(=O)CNC(=O)c2ccco2)C(C)C)cc1. The molecule has 1 aromatic carbocycles. The van der Waals surface area contributed by atoms with Gasteiger partial charge < -0.3 is 15.1 Å². The molecule has 26 heavy (non-hydrogen) atoms. The van der Waals surface area contributed by atoms with Crippen LogP contribution in [0.3, 0.4) is 0 Å². The van der Waals surface area contributed by atoms with Crippen LogP contribution in [-0.2, 0) is 11.2 Å². The molecule has 0 unspecified atom stereocenters. The maximum absolute atomic E-state index is 12.3. The van der Waals surface area contributed by atoms with Crippen LogP contribution in [0.5, 0.6) is 0 Å². The molecule has 140 valence electrons. The summed E-state index contributed by atoms with van der Waals surface area (Å²) in [5.41, 5.74) is 2.39. The molecule has 0 saturated heterocycles. The van der Waals surface area contributed by atoms with Crippen molar-refractivity contribution < 1.29 is 14.0 Å². The number of hydrogen-bond donors (Lipinski definition) is 2. The highest BCUT2D eigenvalue weighted by atomic mass is 16.3. The minimum Gasteiger partial charge on any atom is -0.459 e. The number of carbonyl (C=O) groups excluding carboxylic acids is 2. The Morgan fingerprint density at radius 3 is 2.42 bits per heavy atom. The summed E-state index contributed by atoms with van der Waals surface area (Å²) < 4.78 is 5.01. The van der Waals surface area contributed by atoms with Crippen LogP contribution in [0.25, 0.3) is 0 Å². The smallest absolute Gasteiger partial charge is 0.287 e. The van der Waals surface area contributed by atoms with Crippen molar-refractivity contribution in [3.05, 3.63) is 59.5 Å².